The second-order valence-electron chi connectivity index (χ2n) is 5.56. The minimum atomic E-state index is -0.346. The fraction of sp³-hybridized carbons (Fsp3) is 0.0476. The van der Waals surface area contributed by atoms with E-state index in [1.54, 1.807) is 12.1 Å². The zero-order valence-corrected chi connectivity index (χ0v) is 12.9. The van der Waals surface area contributed by atoms with Crippen LogP contribution in [0.25, 0.3) is 22.1 Å². The Morgan fingerprint density at radius 3 is 2.42 bits per heavy atom. The molecule has 4 rings (SSSR count). The van der Waals surface area contributed by atoms with Crippen molar-refractivity contribution in [1.82, 2.24) is 0 Å². The normalized spacial score (nSPS) is 10.9. The molecule has 0 radical (unpaired) electrons. The Hall–Kier alpha value is -3.07. The van der Waals surface area contributed by atoms with Crippen LogP contribution in [0.1, 0.15) is 5.56 Å². The van der Waals surface area contributed by atoms with Gasteiger partial charge in [-0.1, -0.05) is 48.5 Å². The van der Waals surface area contributed by atoms with E-state index >= 15 is 0 Å². The van der Waals surface area contributed by atoms with E-state index in [1.807, 2.05) is 54.6 Å². The lowest BCUT2D eigenvalue weighted by atomic mass is 10.0. The quantitative estimate of drug-likeness (QED) is 0.473. The number of ether oxygens (including phenoxy) is 1. The molecule has 0 bridgehead atoms. The Morgan fingerprint density at radius 2 is 1.62 bits per heavy atom. The van der Waals surface area contributed by atoms with Gasteiger partial charge in [-0.3, -0.25) is 0 Å². The van der Waals surface area contributed by atoms with Gasteiger partial charge in [-0.15, -0.1) is 0 Å². The standard InChI is InChI=1S/C21H15FO2/c22-20-11-10-18(19-12-13-23-21(19)20)16-6-8-17(9-7-16)24-14-15-4-2-1-3-5-15/h1-13H,14H2. The molecule has 1 heterocycles. The van der Waals surface area contributed by atoms with Crippen LogP contribution >= 0.6 is 0 Å². The summed E-state index contributed by atoms with van der Waals surface area (Å²) in [6.45, 7) is 0.530. The molecule has 0 amide bonds. The molecular formula is C21H15FO2. The summed E-state index contributed by atoms with van der Waals surface area (Å²) in [5, 5.41) is 0.771. The summed E-state index contributed by atoms with van der Waals surface area (Å²) >= 11 is 0. The van der Waals surface area contributed by atoms with Crippen LogP contribution in [0.5, 0.6) is 5.75 Å². The monoisotopic (exact) mass is 318 g/mol. The summed E-state index contributed by atoms with van der Waals surface area (Å²) < 4.78 is 24.7. The maximum absolute atomic E-state index is 13.7. The van der Waals surface area contributed by atoms with Crippen molar-refractivity contribution in [2.45, 2.75) is 6.61 Å². The molecule has 0 saturated heterocycles. The number of rotatable bonds is 4. The third-order valence-corrected chi connectivity index (χ3v) is 3.98. The molecule has 0 unspecified atom stereocenters. The summed E-state index contributed by atoms with van der Waals surface area (Å²) in [5.74, 6) is 0.453. The van der Waals surface area contributed by atoms with Crippen LogP contribution in [0.2, 0.25) is 0 Å². The number of hydrogen-bond acceptors (Lipinski definition) is 2. The first-order valence-electron chi connectivity index (χ1n) is 7.74. The molecule has 4 aromatic rings. The first kappa shape index (κ1) is 14.5. The fourth-order valence-electron chi connectivity index (χ4n) is 2.75. The van der Waals surface area contributed by atoms with Gasteiger partial charge in [0.2, 0.25) is 0 Å². The summed E-state index contributed by atoms with van der Waals surface area (Å²) in [5.41, 5.74) is 3.35. The van der Waals surface area contributed by atoms with E-state index in [4.69, 9.17) is 9.15 Å². The Morgan fingerprint density at radius 1 is 0.833 bits per heavy atom. The zero-order valence-electron chi connectivity index (χ0n) is 12.9. The van der Waals surface area contributed by atoms with Gasteiger partial charge in [-0.2, -0.15) is 0 Å². The fourth-order valence-corrected chi connectivity index (χ4v) is 2.75. The van der Waals surface area contributed by atoms with E-state index < -0.39 is 0 Å². The molecule has 3 aromatic carbocycles. The largest absolute Gasteiger partial charge is 0.489 e. The van der Waals surface area contributed by atoms with Gasteiger partial charge in [0.1, 0.15) is 12.4 Å². The predicted molar refractivity (Wildman–Crippen MR) is 92.4 cm³/mol. The highest BCUT2D eigenvalue weighted by atomic mass is 19.1. The van der Waals surface area contributed by atoms with E-state index in [0.717, 1.165) is 27.8 Å². The van der Waals surface area contributed by atoms with Gasteiger partial charge in [-0.25, -0.2) is 4.39 Å². The third-order valence-electron chi connectivity index (χ3n) is 3.98. The second kappa shape index (κ2) is 6.20. The summed E-state index contributed by atoms with van der Waals surface area (Å²) in [6.07, 6.45) is 1.51. The average molecular weight is 318 g/mol. The van der Waals surface area contributed by atoms with Gasteiger partial charge in [0.25, 0.3) is 0 Å². The summed E-state index contributed by atoms with van der Waals surface area (Å²) in [4.78, 5) is 0. The average Bonchev–Trinajstić information content (AvgIpc) is 3.13. The van der Waals surface area contributed by atoms with Crippen LogP contribution in [0.4, 0.5) is 4.39 Å². The number of benzene rings is 3. The molecule has 0 aliphatic heterocycles. The molecule has 0 aliphatic carbocycles. The highest BCUT2D eigenvalue weighted by Crippen LogP contribution is 2.32. The Balaban J connectivity index is 1.57. The van der Waals surface area contributed by atoms with Crippen LogP contribution in [0.3, 0.4) is 0 Å². The van der Waals surface area contributed by atoms with Crippen LogP contribution in [-0.4, -0.2) is 0 Å². The van der Waals surface area contributed by atoms with Crippen LogP contribution < -0.4 is 4.74 Å². The molecular weight excluding hydrogens is 303 g/mol. The number of fused-ring (bicyclic) bond motifs is 1. The van der Waals surface area contributed by atoms with Gasteiger partial charge in [0, 0.05) is 5.39 Å². The molecule has 0 spiro atoms. The molecule has 118 valence electrons. The van der Waals surface area contributed by atoms with Crippen LogP contribution in [0.15, 0.2) is 83.5 Å². The van der Waals surface area contributed by atoms with Crippen LogP contribution in [-0.2, 0) is 6.61 Å². The van der Waals surface area contributed by atoms with Crippen LogP contribution in [0, 0.1) is 5.82 Å². The number of furan rings is 1. The van der Waals surface area contributed by atoms with Gasteiger partial charge in [0.05, 0.1) is 6.26 Å². The van der Waals surface area contributed by atoms with Crippen molar-refractivity contribution in [3.05, 3.63) is 90.4 Å². The lowest BCUT2D eigenvalue weighted by Crippen LogP contribution is -1.94. The molecule has 0 atom stereocenters. The van der Waals surface area contributed by atoms with Gasteiger partial charge >= 0.3 is 0 Å². The highest BCUT2D eigenvalue weighted by molar-refractivity contribution is 5.94. The molecule has 3 heteroatoms. The van der Waals surface area contributed by atoms with Crippen molar-refractivity contribution >= 4 is 11.0 Å². The van der Waals surface area contributed by atoms with E-state index in [2.05, 4.69) is 0 Å². The number of hydrogen-bond donors (Lipinski definition) is 0. The zero-order chi connectivity index (χ0) is 16.4. The molecule has 1 aromatic heterocycles. The SMILES string of the molecule is Fc1ccc(-c2ccc(OCc3ccccc3)cc2)c2ccoc12. The highest BCUT2D eigenvalue weighted by Gasteiger charge is 2.10. The first-order chi connectivity index (χ1) is 11.8. The van der Waals surface area contributed by atoms with Crippen molar-refractivity contribution < 1.29 is 13.5 Å². The van der Waals surface area contributed by atoms with Crippen molar-refractivity contribution in [2.24, 2.45) is 0 Å². The molecule has 0 fully saturated rings. The molecule has 0 saturated carbocycles. The Labute approximate surface area is 139 Å². The van der Waals surface area contributed by atoms with Gasteiger partial charge in [0.15, 0.2) is 11.4 Å². The van der Waals surface area contributed by atoms with E-state index in [0.29, 0.717) is 6.61 Å². The van der Waals surface area contributed by atoms with Crippen molar-refractivity contribution in [1.29, 1.82) is 0 Å². The van der Waals surface area contributed by atoms with E-state index in [9.17, 15) is 4.39 Å². The maximum Gasteiger partial charge on any atom is 0.170 e. The van der Waals surface area contributed by atoms with Gasteiger partial charge in [-0.05, 0) is 41.0 Å². The smallest absolute Gasteiger partial charge is 0.170 e. The second-order valence-corrected chi connectivity index (χ2v) is 5.56. The third kappa shape index (κ3) is 2.76. The molecule has 0 aliphatic rings. The summed E-state index contributed by atoms with van der Waals surface area (Å²) in [6, 6.07) is 22.8. The lowest BCUT2D eigenvalue weighted by Gasteiger charge is -2.08. The first-order valence-corrected chi connectivity index (χ1v) is 7.74. The van der Waals surface area contributed by atoms with E-state index in [-0.39, 0.29) is 11.4 Å². The molecule has 2 nitrogen and oxygen atoms in total. The molecule has 24 heavy (non-hydrogen) atoms. The van der Waals surface area contributed by atoms with Gasteiger partial charge < -0.3 is 9.15 Å². The lowest BCUT2D eigenvalue weighted by molar-refractivity contribution is 0.306. The number of halogens is 1. The molecule has 0 N–H and O–H groups in total. The van der Waals surface area contributed by atoms with E-state index in [1.165, 1.54) is 12.3 Å². The maximum atomic E-state index is 13.7. The topological polar surface area (TPSA) is 22.4 Å². The van der Waals surface area contributed by atoms with Crippen molar-refractivity contribution in [3.8, 4) is 16.9 Å². The summed E-state index contributed by atoms with van der Waals surface area (Å²) in [7, 11) is 0. The van der Waals surface area contributed by atoms with Crippen molar-refractivity contribution in [3.63, 3.8) is 0 Å². The predicted octanol–water partition coefficient (Wildman–Crippen LogP) is 5.82. The minimum Gasteiger partial charge on any atom is -0.489 e. The minimum absolute atomic E-state index is 0.289. The van der Waals surface area contributed by atoms with Crippen molar-refractivity contribution in [2.75, 3.05) is 0 Å². The Bertz CT molecular complexity index is 956. The Kier molecular flexibility index (Phi) is 3.75.